The minimum Gasteiger partial charge on any atom is -0.480 e. The standard InChI is InChI=1S/C15H22N2O3/c1-4-17(5-2)13-8-6-7-12(9-13)10-14(15(19)20)16-11(3)18/h6-9,14H,4-5,10H2,1-3H3,(H,16,18)(H,19,20)/t14-/m0/s1. The van der Waals surface area contributed by atoms with Crippen LogP contribution in [0.25, 0.3) is 0 Å². The third-order valence-corrected chi connectivity index (χ3v) is 3.15. The van der Waals surface area contributed by atoms with Crippen molar-refractivity contribution in [1.29, 1.82) is 0 Å². The van der Waals surface area contributed by atoms with Crippen molar-refractivity contribution in [3.05, 3.63) is 29.8 Å². The van der Waals surface area contributed by atoms with Gasteiger partial charge in [0, 0.05) is 32.1 Å². The van der Waals surface area contributed by atoms with Crippen LogP contribution in [0, 0.1) is 0 Å². The van der Waals surface area contributed by atoms with Crippen LogP contribution in [0.4, 0.5) is 5.69 Å². The molecular weight excluding hydrogens is 256 g/mol. The van der Waals surface area contributed by atoms with Gasteiger partial charge in [0.25, 0.3) is 0 Å². The molecule has 0 aliphatic rings. The monoisotopic (exact) mass is 278 g/mol. The van der Waals surface area contributed by atoms with E-state index >= 15 is 0 Å². The zero-order chi connectivity index (χ0) is 15.1. The minimum absolute atomic E-state index is 0.282. The van der Waals surface area contributed by atoms with Gasteiger partial charge in [-0.25, -0.2) is 4.79 Å². The molecule has 1 aromatic carbocycles. The van der Waals surface area contributed by atoms with Gasteiger partial charge in [-0.3, -0.25) is 4.79 Å². The van der Waals surface area contributed by atoms with E-state index in [2.05, 4.69) is 24.1 Å². The lowest BCUT2D eigenvalue weighted by Crippen LogP contribution is -2.41. The van der Waals surface area contributed by atoms with Crippen molar-refractivity contribution in [2.45, 2.75) is 33.2 Å². The summed E-state index contributed by atoms with van der Waals surface area (Å²) >= 11 is 0. The van der Waals surface area contributed by atoms with Gasteiger partial charge in [0.15, 0.2) is 0 Å². The normalized spacial score (nSPS) is 11.8. The van der Waals surface area contributed by atoms with Crippen LogP contribution in [0.15, 0.2) is 24.3 Å². The molecule has 110 valence electrons. The average molecular weight is 278 g/mol. The van der Waals surface area contributed by atoms with E-state index in [-0.39, 0.29) is 12.3 Å². The van der Waals surface area contributed by atoms with Gasteiger partial charge in [-0.15, -0.1) is 0 Å². The second-order valence-electron chi connectivity index (χ2n) is 4.64. The Labute approximate surface area is 119 Å². The third-order valence-electron chi connectivity index (χ3n) is 3.15. The summed E-state index contributed by atoms with van der Waals surface area (Å²) in [6.45, 7) is 7.27. The summed E-state index contributed by atoms with van der Waals surface area (Å²) in [6, 6.07) is 6.88. The van der Waals surface area contributed by atoms with Gasteiger partial charge in [0.05, 0.1) is 0 Å². The van der Waals surface area contributed by atoms with Crippen LogP contribution in [0.3, 0.4) is 0 Å². The molecule has 5 heteroatoms. The number of nitrogens with one attached hydrogen (secondary N) is 1. The van der Waals surface area contributed by atoms with E-state index in [1.807, 2.05) is 24.3 Å². The number of hydrogen-bond acceptors (Lipinski definition) is 3. The van der Waals surface area contributed by atoms with Crippen molar-refractivity contribution in [3.8, 4) is 0 Å². The summed E-state index contributed by atoms with van der Waals surface area (Å²) in [5.74, 6) is -1.36. The number of carboxylic acids is 1. The highest BCUT2D eigenvalue weighted by molar-refractivity contribution is 5.82. The Bertz CT molecular complexity index is 470. The largest absolute Gasteiger partial charge is 0.480 e. The summed E-state index contributed by atoms with van der Waals surface area (Å²) in [5.41, 5.74) is 1.97. The molecule has 0 saturated heterocycles. The fraction of sp³-hybridized carbons (Fsp3) is 0.467. The number of nitrogens with zero attached hydrogens (tertiary/aromatic N) is 1. The third kappa shape index (κ3) is 4.57. The molecule has 0 aliphatic carbocycles. The second-order valence-corrected chi connectivity index (χ2v) is 4.64. The highest BCUT2D eigenvalue weighted by atomic mass is 16.4. The highest BCUT2D eigenvalue weighted by Crippen LogP contribution is 2.17. The number of amides is 1. The van der Waals surface area contributed by atoms with Crippen LogP contribution >= 0.6 is 0 Å². The van der Waals surface area contributed by atoms with Crippen LogP contribution in [-0.2, 0) is 16.0 Å². The van der Waals surface area contributed by atoms with Gasteiger partial charge in [-0.2, -0.15) is 0 Å². The van der Waals surface area contributed by atoms with Gasteiger partial charge in [0.1, 0.15) is 6.04 Å². The van der Waals surface area contributed by atoms with Gasteiger partial charge in [0.2, 0.25) is 5.91 Å². The molecule has 0 aliphatic heterocycles. The van der Waals surface area contributed by atoms with Crippen molar-refractivity contribution in [1.82, 2.24) is 5.32 Å². The van der Waals surface area contributed by atoms with Gasteiger partial charge >= 0.3 is 5.97 Å². The summed E-state index contributed by atoms with van der Waals surface area (Å²) in [5, 5.41) is 11.6. The van der Waals surface area contributed by atoms with E-state index < -0.39 is 12.0 Å². The number of aliphatic carboxylic acids is 1. The van der Waals surface area contributed by atoms with Crippen molar-refractivity contribution < 1.29 is 14.7 Å². The van der Waals surface area contributed by atoms with Gasteiger partial charge < -0.3 is 15.3 Å². The number of carbonyl (C=O) groups is 2. The first-order chi connectivity index (χ1) is 9.47. The van der Waals surface area contributed by atoms with E-state index in [4.69, 9.17) is 5.11 Å². The molecule has 5 nitrogen and oxygen atoms in total. The predicted molar refractivity (Wildman–Crippen MR) is 78.9 cm³/mol. The van der Waals surface area contributed by atoms with Gasteiger partial charge in [-0.1, -0.05) is 12.1 Å². The maximum atomic E-state index is 11.1. The number of benzene rings is 1. The maximum Gasteiger partial charge on any atom is 0.326 e. The minimum atomic E-state index is -1.02. The van der Waals surface area contributed by atoms with Crippen molar-refractivity contribution in [2.24, 2.45) is 0 Å². The lowest BCUT2D eigenvalue weighted by Gasteiger charge is -2.22. The van der Waals surface area contributed by atoms with Crippen LogP contribution in [0.2, 0.25) is 0 Å². The zero-order valence-corrected chi connectivity index (χ0v) is 12.2. The Morgan fingerprint density at radius 3 is 2.45 bits per heavy atom. The first kappa shape index (κ1) is 16.0. The van der Waals surface area contributed by atoms with Crippen LogP contribution in [0.1, 0.15) is 26.3 Å². The molecule has 0 unspecified atom stereocenters. The summed E-state index contributed by atoms with van der Waals surface area (Å²) in [7, 11) is 0. The molecule has 1 rings (SSSR count). The Morgan fingerprint density at radius 2 is 1.95 bits per heavy atom. The fourth-order valence-corrected chi connectivity index (χ4v) is 2.15. The Balaban J connectivity index is 2.88. The van der Waals surface area contributed by atoms with Crippen LogP contribution < -0.4 is 10.2 Å². The van der Waals surface area contributed by atoms with Crippen molar-refractivity contribution in [3.63, 3.8) is 0 Å². The molecule has 0 bridgehead atoms. The first-order valence-electron chi connectivity index (χ1n) is 6.81. The predicted octanol–water partition coefficient (Wildman–Crippen LogP) is 1.66. The molecule has 0 fully saturated rings. The summed E-state index contributed by atoms with van der Waals surface area (Å²) < 4.78 is 0. The van der Waals surface area contributed by atoms with E-state index in [9.17, 15) is 9.59 Å². The Kier molecular flexibility index (Phi) is 6.03. The Morgan fingerprint density at radius 1 is 1.30 bits per heavy atom. The molecule has 0 heterocycles. The maximum absolute atomic E-state index is 11.1. The van der Waals surface area contributed by atoms with Crippen molar-refractivity contribution >= 4 is 17.6 Å². The number of anilines is 1. The molecule has 1 aromatic rings. The number of carboxylic acid groups (broad SMARTS) is 1. The average Bonchev–Trinajstić information content (AvgIpc) is 2.39. The molecule has 2 N–H and O–H groups in total. The smallest absolute Gasteiger partial charge is 0.326 e. The highest BCUT2D eigenvalue weighted by Gasteiger charge is 2.19. The molecule has 1 atom stereocenters. The van der Waals surface area contributed by atoms with Gasteiger partial charge in [-0.05, 0) is 31.5 Å². The number of carbonyl (C=O) groups excluding carboxylic acids is 1. The molecule has 1 amide bonds. The Hall–Kier alpha value is -2.04. The quantitative estimate of drug-likeness (QED) is 0.796. The summed E-state index contributed by atoms with van der Waals surface area (Å²) in [4.78, 5) is 24.4. The number of hydrogen-bond donors (Lipinski definition) is 2. The molecular formula is C15H22N2O3. The lowest BCUT2D eigenvalue weighted by atomic mass is 10.0. The van der Waals surface area contributed by atoms with Crippen LogP contribution in [-0.4, -0.2) is 36.1 Å². The zero-order valence-electron chi connectivity index (χ0n) is 12.2. The molecule has 0 aromatic heterocycles. The van der Waals surface area contributed by atoms with E-state index in [0.717, 1.165) is 24.3 Å². The molecule has 20 heavy (non-hydrogen) atoms. The lowest BCUT2D eigenvalue weighted by molar-refractivity contribution is -0.141. The topological polar surface area (TPSA) is 69.6 Å². The van der Waals surface area contributed by atoms with Crippen LogP contribution in [0.5, 0.6) is 0 Å². The van der Waals surface area contributed by atoms with E-state index in [1.165, 1.54) is 6.92 Å². The first-order valence-corrected chi connectivity index (χ1v) is 6.81. The summed E-state index contributed by atoms with van der Waals surface area (Å²) in [6.07, 6.45) is 0.282. The van der Waals surface area contributed by atoms with Crippen molar-refractivity contribution in [2.75, 3.05) is 18.0 Å². The van der Waals surface area contributed by atoms with E-state index in [1.54, 1.807) is 0 Å². The SMILES string of the molecule is CCN(CC)c1cccc(C[C@H](NC(C)=O)C(=O)O)c1. The second kappa shape index (κ2) is 7.53. The number of rotatable bonds is 7. The van der Waals surface area contributed by atoms with E-state index in [0.29, 0.717) is 0 Å². The fourth-order valence-electron chi connectivity index (χ4n) is 2.15. The molecule has 0 saturated carbocycles. The molecule has 0 radical (unpaired) electrons. The molecule has 0 spiro atoms.